The van der Waals surface area contributed by atoms with E-state index in [0.717, 1.165) is 64.3 Å². The molecule has 3 aromatic heterocycles. The molecule has 2 fully saturated rings. The third-order valence-electron chi connectivity index (χ3n) is 17.8. The van der Waals surface area contributed by atoms with Crippen LogP contribution in [0.4, 0.5) is 0 Å². The fourth-order valence-corrected chi connectivity index (χ4v) is 14.5. The van der Waals surface area contributed by atoms with Gasteiger partial charge in [0.25, 0.3) is 0 Å². The molecule has 0 aliphatic heterocycles. The first-order chi connectivity index (χ1) is 39.4. The molecule has 15 rings (SSSR count). The quantitative estimate of drug-likeness (QED) is 0.137. The summed E-state index contributed by atoms with van der Waals surface area (Å²) < 4.78 is 4.96. The standard InChI is InChI=1S/C75H61N5/c1-49-39-51-40-50(2)46-75(45-49,47-51)74-77-72(61-28-16-15-27-60(61)48-79-67-35-31-56(52-19-7-3-8-20-52)41-63(67)64-42-57(32-36-68(64)79)53-21-9-4-10-22-53)76-73(78-74)62-29-17-18-30-69(62)80-70-37-33-58(54-23-11-5-12-24-54)43-65(70)66-44-59(34-38-71(66)80)55-25-13-6-14-26-55/h3-38,41-44,49-51H,39-40,45-48H2,1-2H3/t49-,50+,51?,75?. The molecule has 10 aromatic carbocycles. The molecule has 2 aliphatic carbocycles. The monoisotopic (exact) mass is 1030 g/mol. The van der Waals surface area contributed by atoms with Crippen LogP contribution in [0.5, 0.6) is 0 Å². The van der Waals surface area contributed by atoms with E-state index in [4.69, 9.17) is 15.0 Å². The highest BCUT2D eigenvalue weighted by atomic mass is 15.1. The molecule has 13 aromatic rings. The fraction of sp³-hybridized carbons (Fsp3) is 0.160. The van der Waals surface area contributed by atoms with Crippen molar-refractivity contribution in [2.24, 2.45) is 17.8 Å². The molecule has 0 radical (unpaired) electrons. The van der Waals surface area contributed by atoms with Gasteiger partial charge >= 0.3 is 0 Å². The summed E-state index contributed by atoms with van der Waals surface area (Å²) in [6.45, 7) is 5.55. The van der Waals surface area contributed by atoms with Crippen molar-refractivity contribution in [2.45, 2.75) is 57.9 Å². The zero-order chi connectivity index (χ0) is 53.3. The van der Waals surface area contributed by atoms with Crippen LogP contribution < -0.4 is 0 Å². The van der Waals surface area contributed by atoms with Crippen molar-refractivity contribution in [2.75, 3.05) is 0 Å². The van der Waals surface area contributed by atoms with Crippen LogP contribution in [0.25, 0.3) is 117 Å². The average Bonchev–Trinajstić information content (AvgIpc) is 4.01. The van der Waals surface area contributed by atoms with E-state index in [1.54, 1.807) is 0 Å². The van der Waals surface area contributed by atoms with Crippen molar-refractivity contribution >= 4 is 43.6 Å². The first kappa shape index (κ1) is 48.0. The van der Waals surface area contributed by atoms with E-state index in [1.807, 2.05) is 0 Å². The number of para-hydroxylation sites is 1. The number of fused-ring (bicyclic) bond motifs is 8. The lowest BCUT2D eigenvalue weighted by Gasteiger charge is -2.49. The van der Waals surface area contributed by atoms with Gasteiger partial charge in [0.15, 0.2) is 11.6 Å². The van der Waals surface area contributed by atoms with Crippen molar-refractivity contribution in [3.8, 4) is 73.0 Å². The SMILES string of the molecule is C[C@@H]1CC2C[C@H](C)CC(c3nc(-c4ccccc4Cn4c5ccc(-c6ccccc6)cc5c5cc(-c6ccccc6)ccc54)nc(-c4ccccc4-n4c5ccc(-c6ccccc6)cc5c5cc(-c6ccccc6)ccc54)n3)(C2)C1. The van der Waals surface area contributed by atoms with Gasteiger partial charge in [0.05, 0.1) is 16.7 Å². The van der Waals surface area contributed by atoms with Gasteiger partial charge in [0.1, 0.15) is 5.82 Å². The van der Waals surface area contributed by atoms with Crippen LogP contribution in [0, 0.1) is 17.8 Å². The van der Waals surface area contributed by atoms with Crippen LogP contribution in [0.2, 0.25) is 0 Å². The first-order valence-corrected chi connectivity index (χ1v) is 28.7. The highest BCUT2D eigenvalue weighted by molar-refractivity contribution is 6.13. The molecule has 0 amide bonds. The van der Waals surface area contributed by atoms with Gasteiger partial charge < -0.3 is 9.13 Å². The highest BCUT2D eigenvalue weighted by Gasteiger charge is 2.47. The smallest absolute Gasteiger partial charge is 0.165 e. The molecule has 0 N–H and O–H groups in total. The summed E-state index contributed by atoms with van der Waals surface area (Å²) in [7, 11) is 0. The van der Waals surface area contributed by atoms with Gasteiger partial charge in [-0.25, -0.2) is 15.0 Å². The number of aromatic nitrogens is 5. The number of hydrogen-bond donors (Lipinski definition) is 0. The van der Waals surface area contributed by atoms with Crippen LogP contribution in [0.3, 0.4) is 0 Å². The van der Waals surface area contributed by atoms with Crippen molar-refractivity contribution in [1.82, 2.24) is 24.1 Å². The minimum absolute atomic E-state index is 0.148. The van der Waals surface area contributed by atoms with Gasteiger partial charge in [-0.15, -0.1) is 0 Å². The summed E-state index contributed by atoms with van der Waals surface area (Å²) in [5.74, 6) is 4.23. The van der Waals surface area contributed by atoms with Crippen LogP contribution in [-0.2, 0) is 12.0 Å². The molecule has 386 valence electrons. The lowest BCUT2D eigenvalue weighted by atomic mass is 9.56. The summed E-state index contributed by atoms with van der Waals surface area (Å²) in [5, 5.41) is 4.88. The minimum atomic E-state index is -0.148. The molecule has 2 bridgehead atoms. The molecular weight excluding hydrogens is 971 g/mol. The molecule has 5 heteroatoms. The van der Waals surface area contributed by atoms with Gasteiger partial charge in [-0.3, -0.25) is 0 Å². The zero-order valence-electron chi connectivity index (χ0n) is 45.3. The fourth-order valence-electron chi connectivity index (χ4n) is 14.5. The van der Waals surface area contributed by atoms with Crippen LogP contribution in [-0.4, -0.2) is 24.1 Å². The third-order valence-corrected chi connectivity index (χ3v) is 17.8. The number of benzene rings is 10. The summed E-state index contributed by atoms with van der Waals surface area (Å²) in [6, 6.07) is 88.5. The molecular formula is C75H61N5. The molecule has 4 atom stereocenters. The minimum Gasteiger partial charge on any atom is -0.336 e. The maximum Gasteiger partial charge on any atom is 0.165 e. The van der Waals surface area contributed by atoms with Crippen molar-refractivity contribution in [3.05, 3.63) is 254 Å². The number of rotatable bonds is 10. The van der Waals surface area contributed by atoms with Crippen LogP contribution in [0.15, 0.2) is 243 Å². The van der Waals surface area contributed by atoms with E-state index in [1.165, 1.54) is 89.9 Å². The number of hydrogen-bond acceptors (Lipinski definition) is 3. The predicted octanol–water partition coefficient (Wildman–Crippen LogP) is 19.2. The first-order valence-electron chi connectivity index (χ1n) is 28.7. The Balaban J connectivity index is 0.922. The van der Waals surface area contributed by atoms with Gasteiger partial charge in [-0.2, -0.15) is 0 Å². The lowest BCUT2D eigenvalue weighted by Crippen LogP contribution is -2.43. The van der Waals surface area contributed by atoms with E-state index in [-0.39, 0.29) is 5.41 Å². The second kappa shape index (κ2) is 19.6. The number of nitrogens with zero attached hydrogens (tertiary/aromatic N) is 5. The lowest BCUT2D eigenvalue weighted by molar-refractivity contribution is 0.0720. The molecule has 2 saturated carbocycles. The normalized spacial score (nSPS) is 18.1. The Morgan fingerprint density at radius 2 is 0.762 bits per heavy atom. The Kier molecular flexibility index (Phi) is 11.8. The largest absolute Gasteiger partial charge is 0.336 e. The maximum absolute atomic E-state index is 5.78. The summed E-state index contributed by atoms with van der Waals surface area (Å²) in [6.07, 6.45) is 5.82. The van der Waals surface area contributed by atoms with Gasteiger partial charge in [0, 0.05) is 55.7 Å². The van der Waals surface area contributed by atoms with Crippen molar-refractivity contribution in [1.29, 1.82) is 0 Å². The molecule has 2 aliphatic rings. The Morgan fingerprint density at radius 3 is 1.24 bits per heavy atom. The van der Waals surface area contributed by atoms with E-state index < -0.39 is 0 Å². The van der Waals surface area contributed by atoms with E-state index in [0.29, 0.717) is 30.1 Å². The van der Waals surface area contributed by atoms with E-state index in [2.05, 4.69) is 266 Å². The Bertz CT molecular complexity index is 4250. The Morgan fingerprint density at radius 1 is 0.375 bits per heavy atom. The van der Waals surface area contributed by atoms with E-state index >= 15 is 0 Å². The zero-order valence-corrected chi connectivity index (χ0v) is 45.3. The average molecular weight is 1030 g/mol. The summed E-state index contributed by atoms with van der Waals surface area (Å²) in [4.78, 5) is 17.3. The predicted molar refractivity (Wildman–Crippen MR) is 332 cm³/mol. The molecule has 3 heterocycles. The molecule has 2 unspecified atom stereocenters. The topological polar surface area (TPSA) is 48.5 Å². The van der Waals surface area contributed by atoms with E-state index in [9.17, 15) is 0 Å². The van der Waals surface area contributed by atoms with Gasteiger partial charge in [-0.05, 0) is 161 Å². The summed E-state index contributed by atoms with van der Waals surface area (Å²) >= 11 is 0. The third kappa shape index (κ3) is 8.42. The van der Waals surface area contributed by atoms with Crippen LogP contribution >= 0.6 is 0 Å². The molecule has 5 nitrogen and oxygen atoms in total. The molecule has 0 saturated heterocycles. The second-order valence-electron chi connectivity index (χ2n) is 23.2. The molecule has 80 heavy (non-hydrogen) atoms. The van der Waals surface area contributed by atoms with Crippen molar-refractivity contribution in [3.63, 3.8) is 0 Å². The second-order valence-corrected chi connectivity index (χ2v) is 23.2. The molecule has 0 spiro atoms. The Labute approximate surface area is 467 Å². The Hall–Kier alpha value is -9.19. The van der Waals surface area contributed by atoms with Crippen LogP contribution in [0.1, 0.15) is 57.3 Å². The van der Waals surface area contributed by atoms with Gasteiger partial charge in [-0.1, -0.05) is 196 Å². The van der Waals surface area contributed by atoms with Gasteiger partial charge in [0.2, 0.25) is 0 Å². The highest BCUT2D eigenvalue weighted by Crippen LogP contribution is 2.54. The summed E-state index contributed by atoms with van der Waals surface area (Å²) in [5.41, 5.74) is 18.4. The van der Waals surface area contributed by atoms with Crippen molar-refractivity contribution < 1.29 is 0 Å². The maximum atomic E-state index is 5.78.